The molecule has 2 aromatic carbocycles. The first-order valence-electron chi connectivity index (χ1n) is 12.5. The van der Waals surface area contributed by atoms with E-state index in [4.69, 9.17) is 4.42 Å². The molecule has 10 heteroatoms. The maximum absolute atomic E-state index is 13.3. The van der Waals surface area contributed by atoms with Crippen LogP contribution >= 0.6 is 0 Å². The maximum Gasteiger partial charge on any atom is 0.256 e. The molecule has 194 valence electrons. The highest BCUT2D eigenvalue weighted by Gasteiger charge is 2.39. The molecule has 1 amide bonds. The van der Waals surface area contributed by atoms with Crippen molar-refractivity contribution in [1.29, 1.82) is 0 Å². The van der Waals surface area contributed by atoms with Crippen molar-refractivity contribution in [3.05, 3.63) is 71.5 Å². The Bertz CT molecular complexity index is 1470. The molecule has 0 saturated carbocycles. The number of benzene rings is 2. The van der Waals surface area contributed by atoms with Gasteiger partial charge in [-0.25, -0.2) is 8.42 Å². The summed E-state index contributed by atoms with van der Waals surface area (Å²) >= 11 is 0. The number of hydrogen-bond donors (Lipinski definition) is 1. The Morgan fingerprint density at radius 1 is 0.946 bits per heavy atom. The number of hydrogen-bond acceptors (Lipinski definition) is 7. The molecule has 1 N–H and O–H groups in total. The van der Waals surface area contributed by atoms with Crippen LogP contribution in [-0.2, 0) is 14.8 Å². The summed E-state index contributed by atoms with van der Waals surface area (Å²) in [5.74, 6) is -0.359. The summed E-state index contributed by atoms with van der Waals surface area (Å²) in [4.78, 5) is 19.6. The van der Waals surface area contributed by atoms with Crippen LogP contribution in [0.15, 0.2) is 75.3 Å². The summed E-state index contributed by atoms with van der Waals surface area (Å²) in [6.45, 7) is 4.89. The highest BCUT2D eigenvalue weighted by atomic mass is 32.2. The number of carbonyl (C=O) groups excluding carboxylic acids is 1. The molecule has 1 saturated heterocycles. The van der Waals surface area contributed by atoms with Gasteiger partial charge in [0, 0.05) is 69.5 Å². The Morgan fingerprint density at radius 2 is 1.68 bits per heavy atom. The lowest BCUT2D eigenvalue weighted by atomic mass is 10.1. The number of furan rings is 1. The zero-order chi connectivity index (χ0) is 25.7. The first-order valence-corrected chi connectivity index (χ1v) is 13.9. The highest BCUT2D eigenvalue weighted by Crippen LogP contribution is 2.32. The normalized spacial score (nSPS) is 20.2. The zero-order valence-corrected chi connectivity index (χ0v) is 21.5. The van der Waals surface area contributed by atoms with Gasteiger partial charge in [0.2, 0.25) is 10.0 Å². The maximum atomic E-state index is 13.3. The predicted molar refractivity (Wildman–Crippen MR) is 140 cm³/mol. The number of fused-ring (bicyclic) bond motifs is 1. The first-order chi connectivity index (χ1) is 17.8. The topological polar surface area (TPSA) is 97.5 Å². The number of carbonyl (C=O) groups is 1. The number of rotatable bonds is 5. The largest absolute Gasteiger partial charge is 0.464 e. The van der Waals surface area contributed by atoms with E-state index in [0.29, 0.717) is 24.2 Å². The van der Waals surface area contributed by atoms with Gasteiger partial charge in [-0.05, 0) is 54.1 Å². The minimum Gasteiger partial charge on any atom is -0.464 e. The molecule has 4 heterocycles. The van der Waals surface area contributed by atoms with Crippen molar-refractivity contribution in [2.24, 2.45) is 0 Å². The van der Waals surface area contributed by atoms with Crippen LogP contribution < -0.4 is 4.90 Å². The number of anilines is 1. The number of nitrogens with zero attached hydrogens (tertiary/aromatic N) is 4. The summed E-state index contributed by atoms with van der Waals surface area (Å²) in [7, 11) is -1.59. The van der Waals surface area contributed by atoms with Gasteiger partial charge in [0.1, 0.15) is 5.58 Å². The summed E-state index contributed by atoms with van der Waals surface area (Å²) in [6, 6.07) is 14.2. The van der Waals surface area contributed by atoms with Crippen LogP contribution in [0.4, 0.5) is 5.69 Å². The Morgan fingerprint density at radius 3 is 2.41 bits per heavy atom. The average molecular weight is 523 g/mol. The molecule has 1 atom stereocenters. The molecule has 0 spiro atoms. The quantitative estimate of drug-likeness (QED) is 0.513. The number of sulfonamides is 1. The summed E-state index contributed by atoms with van der Waals surface area (Å²) in [5.41, 5.74) is 3.96. The summed E-state index contributed by atoms with van der Waals surface area (Å²) in [5, 5.41) is 11.8. The van der Waals surface area contributed by atoms with E-state index in [0.717, 1.165) is 48.4 Å². The first kappa shape index (κ1) is 24.2. The minimum atomic E-state index is -3.69. The fraction of sp³-hybridized carbons (Fsp3) is 0.370. The molecule has 1 fully saturated rings. The van der Waals surface area contributed by atoms with Gasteiger partial charge in [0.05, 0.1) is 11.2 Å². The van der Waals surface area contributed by atoms with Crippen molar-refractivity contribution in [1.82, 2.24) is 14.1 Å². The van der Waals surface area contributed by atoms with Crippen LogP contribution in [-0.4, -0.2) is 92.9 Å². The predicted octanol–water partition coefficient (Wildman–Crippen LogP) is 2.06. The SMILES string of the molecule is CN1CCN(c2cccc(C(O)C(=O)N3CC4=C(C3)CN(S(=O)(=O)c3ccc5ccoc5c3)C4)c2)CC1. The van der Waals surface area contributed by atoms with Crippen LogP contribution in [0.5, 0.6) is 0 Å². The molecule has 0 aliphatic carbocycles. The van der Waals surface area contributed by atoms with E-state index < -0.39 is 16.1 Å². The van der Waals surface area contributed by atoms with Gasteiger partial charge in [-0.15, -0.1) is 0 Å². The van der Waals surface area contributed by atoms with E-state index in [-0.39, 0.29) is 23.9 Å². The van der Waals surface area contributed by atoms with Crippen LogP contribution in [0.1, 0.15) is 11.7 Å². The second-order valence-electron chi connectivity index (χ2n) is 10.1. The van der Waals surface area contributed by atoms with E-state index in [1.54, 1.807) is 35.2 Å². The van der Waals surface area contributed by atoms with Crippen molar-refractivity contribution in [3.63, 3.8) is 0 Å². The Kier molecular flexibility index (Phi) is 6.07. The summed E-state index contributed by atoms with van der Waals surface area (Å²) in [6.07, 6.45) is 0.280. The lowest BCUT2D eigenvalue weighted by molar-refractivity contribution is -0.139. The van der Waals surface area contributed by atoms with E-state index in [2.05, 4.69) is 16.8 Å². The van der Waals surface area contributed by atoms with Gasteiger partial charge in [0.15, 0.2) is 6.10 Å². The Hall–Kier alpha value is -3.18. The van der Waals surface area contributed by atoms with Crippen molar-refractivity contribution in [3.8, 4) is 0 Å². The molecule has 3 aliphatic rings. The van der Waals surface area contributed by atoms with Crippen LogP contribution in [0.3, 0.4) is 0 Å². The Balaban J connectivity index is 1.10. The molecule has 37 heavy (non-hydrogen) atoms. The molecule has 3 aromatic rings. The number of likely N-dealkylation sites (N-methyl/N-ethyl adjacent to an activating group) is 1. The van der Waals surface area contributed by atoms with Gasteiger partial charge >= 0.3 is 0 Å². The third kappa shape index (κ3) is 4.44. The van der Waals surface area contributed by atoms with Gasteiger partial charge in [0.25, 0.3) is 5.91 Å². The van der Waals surface area contributed by atoms with Crippen molar-refractivity contribution < 1.29 is 22.7 Å². The molecule has 6 rings (SSSR count). The van der Waals surface area contributed by atoms with Gasteiger partial charge < -0.3 is 24.2 Å². The molecule has 3 aliphatic heterocycles. The molecule has 1 aromatic heterocycles. The third-order valence-electron chi connectivity index (χ3n) is 7.66. The minimum absolute atomic E-state index is 0.194. The molecular formula is C27H30N4O5S. The van der Waals surface area contributed by atoms with Crippen LogP contribution in [0, 0.1) is 0 Å². The molecular weight excluding hydrogens is 492 g/mol. The van der Waals surface area contributed by atoms with Crippen LogP contribution in [0.25, 0.3) is 11.0 Å². The molecule has 9 nitrogen and oxygen atoms in total. The number of piperazine rings is 1. The second kappa shape index (κ2) is 9.29. The summed E-state index contributed by atoms with van der Waals surface area (Å²) < 4.78 is 33.3. The van der Waals surface area contributed by atoms with E-state index >= 15 is 0 Å². The Labute approximate surface area is 216 Å². The highest BCUT2D eigenvalue weighted by molar-refractivity contribution is 7.89. The van der Waals surface area contributed by atoms with Gasteiger partial charge in [-0.1, -0.05) is 12.1 Å². The fourth-order valence-corrected chi connectivity index (χ4v) is 6.83. The van der Waals surface area contributed by atoms with Crippen molar-refractivity contribution in [2.75, 3.05) is 64.3 Å². The average Bonchev–Trinajstić information content (AvgIpc) is 3.63. The van der Waals surface area contributed by atoms with Crippen molar-refractivity contribution >= 4 is 32.6 Å². The van der Waals surface area contributed by atoms with E-state index in [9.17, 15) is 18.3 Å². The van der Waals surface area contributed by atoms with Crippen molar-refractivity contribution in [2.45, 2.75) is 11.0 Å². The number of amides is 1. The third-order valence-corrected chi connectivity index (χ3v) is 9.45. The molecule has 0 bridgehead atoms. The molecule has 1 unspecified atom stereocenters. The fourth-order valence-electron chi connectivity index (χ4n) is 5.39. The van der Waals surface area contributed by atoms with Gasteiger partial charge in [-0.2, -0.15) is 4.31 Å². The smallest absolute Gasteiger partial charge is 0.256 e. The lowest BCUT2D eigenvalue weighted by Crippen LogP contribution is -2.44. The van der Waals surface area contributed by atoms with Gasteiger partial charge in [-0.3, -0.25) is 4.79 Å². The van der Waals surface area contributed by atoms with E-state index in [1.807, 2.05) is 18.2 Å². The lowest BCUT2D eigenvalue weighted by Gasteiger charge is -2.34. The number of aliphatic hydroxyl groups excluding tert-OH is 1. The standard InChI is InChI=1S/C27H30N4O5S/c1-28-8-10-29(11-9-28)23-4-2-3-20(13-23)26(32)27(33)30-15-21-17-31(18-22(21)16-30)37(34,35)24-6-5-19-7-12-36-25(19)14-24/h2-7,12-14,26,32H,8-11,15-18H2,1H3. The second-order valence-corrected chi connectivity index (χ2v) is 12.0. The monoisotopic (exact) mass is 522 g/mol. The molecule has 0 radical (unpaired) electrons. The van der Waals surface area contributed by atoms with Crippen LogP contribution in [0.2, 0.25) is 0 Å². The van der Waals surface area contributed by atoms with E-state index in [1.165, 1.54) is 10.6 Å². The zero-order valence-electron chi connectivity index (χ0n) is 20.7. The number of aliphatic hydroxyl groups is 1.